The highest BCUT2D eigenvalue weighted by Gasteiger charge is 2.19. The van der Waals surface area contributed by atoms with Crippen LogP contribution in [0.25, 0.3) is 0 Å². The maximum absolute atomic E-state index is 10.9. The van der Waals surface area contributed by atoms with E-state index >= 15 is 0 Å². The van der Waals surface area contributed by atoms with E-state index in [9.17, 15) is 4.79 Å². The van der Waals surface area contributed by atoms with Gasteiger partial charge in [-0.25, -0.2) is 4.79 Å². The summed E-state index contributed by atoms with van der Waals surface area (Å²) in [7, 11) is 0. The lowest BCUT2D eigenvalue weighted by Gasteiger charge is -2.26. The minimum atomic E-state index is -0.352. The van der Waals surface area contributed by atoms with E-state index in [2.05, 4.69) is 49.9 Å². The molecule has 0 amide bonds. The van der Waals surface area contributed by atoms with Crippen LogP contribution >= 0.6 is 0 Å². The van der Waals surface area contributed by atoms with Crippen LogP contribution in [0.3, 0.4) is 0 Å². The van der Waals surface area contributed by atoms with Crippen LogP contribution in [-0.4, -0.2) is 19.2 Å². The molecule has 0 saturated heterocycles. The molecule has 1 aliphatic rings. The third kappa shape index (κ3) is 8.95. The molecule has 1 saturated carbocycles. The molecule has 1 fully saturated rings. The van der Waals surface area contributed by atoms with Crippen LogP contribution in [0.2, 0.25) is 0 Å². The Kier molecular flexibility index (Phi) is 10.3. The number of benzene rings is 2. The van der Waals surface area contributed by atoms with Crippen LogP contribution in [0.4, 0.5) is 0 Å². The molecule has 0 heterocycles. The van der Waals surface area contributed by atoms with E-state index < -0.39 is 0 Å². The van der Waals surface area contributed by atoms with Gasteiger partial charge in [0.25, 0.3) is 0 Å². The minimum Gasteiger partial charge on any atom is -0.494 e. The lowest BCUT2D eigenvalue weighted by molar-refractivity contribution is -0.137. The standard InChI is InChI=1S/C29H38O4/c1-3-29(30)32-21-7-5-4-6-20-31-27-16-10-24(11-17-27)22-33-28-18-14-26(15-19-28)25-12-8-23(2)9-13-25/h3,10-11,14-19,23,25H,1,4-9,12-13,20-22H2,2H3. The Morgan fingerprint density at radius 2 is 1.45 bits per heavy atom. The first-order valence-electron chi connectivity index (χ1n) is 12.4. The van der Waals surface area contributed by atoms with Crippen LogP contribution < -0.4 is 9.47 Å². The molecular formula is C29H38O4. The monoisotopic (exact) mass is 450 g/mol. The van der Waals surface area contributed by atoms with Gasteiger partial charge in [-0.15, -0.1) is 0 Å². The number of ether oxygens (including phenoxy) is 3. The third-order valence-electron chi connectivity index (χ3n) is 6.41. The highest BCUT2D eigenvalue weighted by atomic mass is 16.5. The second kappa shape index (κ2) is 13.7. The number of hydrogen-bond acceptors (Lipinski definition) is 4. The maximum Gasteiger partial charge on any atom is 0.330 e. The van der Waals surface area contributed by atoms with Crippen molar-refractivity contribution < 1.29 is 19.0 Å². The Balaban J connectivity index is 1.29. The van der Waals surface area contributed by atoms with E-state index in [0.717, 1.165) is 48.7 Å². The Hall–Kier alpha value is -2.75. The van der Waals surface area contributed by atoms with E-state index in [4.69, 9.17) is 14.2 Å². The second-order valence-corrected chi connectivity index (χ2v) is 9.09. The lowest BCUT2D eigenvalue weighted by Crippen LogP contribution is -2.10. The molecule has 0 bridgehead atoms. The van der Waals surface area contributed by atoms with Gasteiger partial charge in [0.1, 0.15) is 18.1 Å². The number of carbonyl (C=O) groups is 1. The van der Waals surface area contributed by atoms with Gasteiger partial charge in [0, 0.05) is 6.08 Å². The largest absolute Gasteiger partial charge is 0.494 e. The van der Waals surface area contributed by atoms with E-state index in [1.807, 2.05) is 12.1 Å². The van der Waals surface area contributed by atoms with E-state index in [1.165, 1.54) is 37.3 Å². The fraction of sp³-hybridized carbons (Fsp3) is 0.483. The molecule has 1 aliphatic carbocycles. The van der Waals surface area contributed by atoms with Crippen molar-refractivity contribution in [1.82, 2.24) is 0 Å². The zero-order valence-corrected chi connectivity index (χ0v) is 20.0. The van der Waals surface area contributed by atoms with Crippen LogP contribution in [0.5, 0.6) is 11.5 Å². The van der Waals surface area contributed by atoms with E-state index in [-0.39, 0.29) is 5.97 Å². The molecular weight excluding hydrogens is 412 g/mol. The van der Waals surface area contributed by atoms with Crippen LogP contribution in [0.15, 0.2) is 61.2 Å². The normalized spacial score (nSPS) is 17.8. The Labute approximate surface area is 198 Å². The molecule has 4 nitrogen and oxygen atoms in total. The smallest absolute Gasteiger partial charge is 0.330 e. The summed E-state index contributed by atoms with van der Waals surface area (Å²) in [5.74, 6) is 3.04. The van der Waals surface area contributed by atoms with Gasteiger partial charge in [-0.2, -0.15) is 0 Å². The topological polar surface area (TPSA) is 44.8 Å². The predicted octanol–water partition coefficient (Wildman–Crippen LogP) is 7.23. The lowest BCUT2D eigenvalue weighted by atomic mass is 9.79. The van der Waals surface area contributed by atoms with Crippen molar-refractivity contribution in [3.05, 3.63) is 72.3 Å². The second-order valence-electron chi connectivity index (χ2n) is 9.09. The molecule has 0 aromatic heterocycles. The number of carbonyl (C=O) groups excluding carboxylic acids is 1. The van der Waals surface area contributed by atoms with Gasteiger partial charge in [-0.1, -0.05) is 50.6 Å². The summed E-state index contributed by atoms with van der Waals surface area (Å²) in [4.78, 5) is 10.9. The summed E-state index contributed by atoms with van der Waals surface area (Å²) in [5.41, 5.74) is 2.58. The van der Waals surface area contributed by atoms with Gasteiger partial charge in [0.05, 0.1) is 13.2 Å². The number of unbranched alkanes of at least 4 members (excludes halogenated alkanes) is 3. The van der Waals surface area contributed by atoms with E-state index in [0.29, 0.717) is 25.7 Å². The average Bonchev–Trinajstić information content (AvgIpc) is 2.85. The van der Waals surface area contributed by atoms with Crippen molar-refractivity contribution in [1.29, 1.82) is 0 Å². The Morgan fingerprint density at radius 3 is 2.12 bits per heavy atom. The summed E-state index contributed by atoms with van der Waals surface area (Å²) in [6, 6.07) is 16.8. The van der Waals surface area contributed by atoms with Crippen molar-refractivity contribution >= 4 is 5.97 Å². The predicted molar refractivity (Wildman–Crippen MR) is 133 cm³/mol. The third-order valence-corrected chi connectivity index (χ3v) is 6.41. The van der Waals surface area contributed by atoms with Gasteiger partial charge in [0.2, 0.25) is 0 Å². The first-order valence-corrected chi connectivity index (χ1v) is 12.4. The van der Waals surface area contributed by atoms with Gasteiger partial charge in [0.15, 0.2) is 0 Å². The summed E-state index contributed by atoms with van der Waals surface area (Å²) in [5, 5.41) is 0. The Morgan fingerprint density at radius 1 is 0.848 bits per heavy atom. The maximum atomic E-state index is 10.9. The molecule has 0 spiro atoms. The fourth-order valence-electron chi connectivity index (χ4n) is 4.26. The Bertz CT molecular complexity index is 833. The van der Waals surface area contributed by atoms with Crippen molar-refractivity contribution in [2.45, 2.75) is 70.8 Å². The van der Waals surface area contributed by atoms with Crippen molar-refractivity contribution in [3.63, 3.8) is 0 Å². The number of hydrogen-bond donors (Lipinski definition) is 0. The molecule has 3 rings (SSSR count). The molecule has 0 radical (unpaired) electrons. The summed E-state index contributed by atoms with van der Waals surface area (Å²) in [6.07, 6.45) is 10.4. The number of esters is 1. The van der Waals surface area contributed by atoms with Crippen molar-refractivity contribution in [3.8, 4) is 11.5 Å². The van der Waals surface area contributed by atoms with Crippen LogP contribution in [0.1, 0.15) is 75.3 Å². The zero-order valence-electron chi connectivity index (χ0n) is 20.0. The summed E-state index contributed by atoms with van der Waals surface area (Å²) in [6.45, 7) is 7.44. The van der Waals surface area contributed by atoms with Gasteiger partial charge in [-0.3, -0.25) is 0 Å². The SMILES string of the molecule is C=CC(=O)OCCCCCCOc1ccc(COc2ccc(C3CCC(C)CC3)cc2)cc1. The number of rotatable bonds is 13. The van der Waals surface area contributed by atoms with Crippen LogP contribution in [-0.2, 0) is 16.1 Å². The molecule has 0 atom stereocenters. The molecule has 0 N–H and O–H groups in total. The average molecular weight is 451 g/mol. The first-order chi connectivity index (χ1) is 16.1. The highest BCUT2D eigenvalue weighted by Crippen LogP contribution is 2.36. The molecule has 2 aromatic carbocycles. The quantitative estimate of drug-likeness (QED) is 0.183. The highest BCUT2D eigenvalue weighted by molar-refractivity contribution is 5.81. The molecule has 33 heavy (non-hydrogen) atoms. The molecule has 4 heteroatoms. The zero-order chi connectivity index (χ0) is 23.3. The summed E-state index contributed by atoms with van der Waals surface area (Å²) < 4.78 is 16.8. The molecule has 2 aromatic rings. The van der Waals surface area contributed by atoms with Gasteiger partial charge >= 0.3 is 5.97 Å². The minimum absolute atomic E-state index is 0.352. The first kappa shape index (κ1) is 24.9. The van der Waals surface area contributed by atoms with Gasteiger partial charge in [-0.05, 0) is 85.8 Å². The van der Waals surface area contributed by atoms with Gasteiger partial charge < -0.3 is 14.2 Å². The molecule has 0 aliphatic heterocycles. The van der Waals surface area contributed by atoms with Crippen molar-refractivity contribution in [2.24, 2.45) is 5.92 Å². The fourth-order valence-corrected chi connectivity index (χ4v) is 4.26. The molecule has 0 unspecified atom stereocenters. The van der Waals surface area contributed by atoms with Crippen molar-refractivity contribution in [2.75, 3.05) is 13.2 Å². The molecule has 178 valence electrons. The van der Waals surface area contributed by atoms with E-state index in [1.54, 1.807) is 0 Å². The van der Waals surface area contributed by atoms with Crippen LogP contribution in [0, 0.1) is 5.92 Å². The summed E-state index contributed by atoms with van der Waals surface area (Å²) >= 11 is 0.